The van der Waals surface area contributed by atoms with Crippen molar-refractivity contribution < 1.29 is 23.4 Å². The zero-order chi connectivity index (χ0) is 28.1. The molecule has 8 heteroatoms. The predicted octanol–water partition coefficient (Wildman–Crippen LogP) is 4.61. The van der Waals surface area contributed by atoms with Gasteiger partial charge in [0, 0.05) is 12.3 Å². The van der Waals surface area contributed by atoms with Crippen LogP contribution in [0.15, 0.2) is 60.7 Å². The van der Waals surface area contributed by atoms with Gasteiger partial charge < -0.3 is 23.4 Å². The molecule has 0 aliphatic carbocycles. The summed E-state index contributed by atoms with van der Waals surface area (Å²) in [4.78, 5) is 2.41. The van der Waals surface area contributed by atoms with Gasteiger partial charge in [-0.25, -0.2) is 0 Å². The summed E-state index contributed by atoms with van der Waals surface area (Å²) in [5.74, 6) is -0.363. The summed E-state index contributed by atoms with van der Waals surface area (Å²) in [6.45, 7) is 16.3. The van der Waals surface area contributed by atoms with Crippen LogP contribution in [-0.2, 0) is 23.4 Å². The molecule has 2 aromatic carbocycles. The molecule has 0 radical (unpaired) electrons. The second kappa shape index (κ2) is 10.9. The van der Waals surface area contributed by atoms with Gasteiger partial charge in [0.05, 0.1) is 18.1 Å². The molecule has 3 aliphatic rings. The summed E-state index contributed by atoms with van der Waals surface area (Å²) in [5, 5.41) is 2.48. The number of nitrogens with zero attached hydrogens (tertiary/aromatic N) is 1. The second-order valence-corrected chi connectivity index (χ2v) is 18.4. The van der Waals surface area contributed by atoms with Gasteiger partial charge in [-0.15, -0.1) is 11.8 Å². The van der Waals surface area contributed by atoms with Gasteiger partial charge in [0.25, 0.3) is 8.32 Å². The van der Waals surface area contributed by atoms with E-state index in [-0.39, 0.29) is 34.8 Å². The average molecular weight is 572 g/mol. The van der Waals surface area contributed by atoms with Crippen LogP contribution in [0.2, 0.25) is 5.04 Å². The quantitative estimate of drug-likeness (QED) is 0.450. The highest BCUT2D eigenvalue weighted by Gasteiger charge is 2.59. The van der Waals surface area contributed by atoms with E-state index in [1.165, 1.54) is 10.4 Å². The maximum atomic E-state index is 7.82. The van der Waals surface area contributed by atoms with Crippen LogP contribution in [0.25, 0.3) is 0 Å². The Bertz CT molecular complexity index is 1070. The molecular weight excluding hydrogens is 526 g/mol. The Kier molecular flexibility index (Phi) is 8.16. The van der Waals surface area contributed by atoms with Gasteiger partial charge >= 0.3 is 0 Å². The van der Waals surface area contributed by atoms with Crippen molar-refractivity contribution in [1.82, 2.24) is 4.90 Å². The van der Waals surface area contributed by atoms with E-state index in [2.05, 4.69) is 93.4 Å². The number of rotatable bonds is 7. The number of hydrogen-bond donors (Lipinski definition) is 0. The van der Waals surface area contributed by atoms with E-state index in [1.807, 2.05) is 39.5 Å². The Hall–Kier alpha value is -1.23. The molecule has 5 atom stereocenters. The summed E-state index contributed by atoms with van der Waals surface area (Å²) < 4.78 is 33.6. The summed E-state index contributed by atoms with van der Waals surface area (Å²) in [7, 11) is -0.673. The zero-order valence-corrected chi connectivity index (χ0v) is 26.5. The van der Waals surface area contributed by atoms with Crippen LogP contribution in [0, 0.1) is 0 Å². The summed E-state index contributed by atoms with van der Waals surface area (Å²) in [6, 6.07) is 21.7. The first-order chi connectivity index (χ1) is 18.3. The lowest BCUT2D eigenvalue weighted by atomic mass is 10.0. The minimum atomic E-state index is -2.87. The van der Waals surface area contributed by atoms with Gasteiger partial charge in [0.1, 0.15) is 18.3 Å². The lowest BCUT2D eigenvalue weighted by Gasteiger charge is -2.48. The molecule has 3 saturated heterocycles. The average Bonchev–Trinajstić information content (AvgIpc) is 3.56. The lowest BCUT2D eigenvalue weighted by molar-refractivity contribution is -0.175. The summed E-state index contributed by atoms with van der Waals surface area (Å²) >= 11 is 1.95. The van der Waals surface area contributed by atoms with Gasteiger partial charge in [0.2, 0.25) is 0 Å². The van der Waals surface area contributed by atoms with Crippen LogP contribution >= 0.6 is 11.8 Å². The van der Waals surface area contributed by atoms with Gasteiger partial charge in [0.15, 0.2) is 11.6 Å². The monoisotopic (exact) mass is 571 g/mol. The number of thioether (sulfide) groups is 1. The molecule has 3 aliphatic heterocycles. The maximum Gasteiger partial charge on any atom is 0.261 e. The molecule has 3 heterocycles. The van der Waals surface area contributed by atoms with E-state index in [1.54, 1.807) is 0 Å². The lowest BCUT2D eigenvalue weighted by Crippen LogP contribution is -2.70. The maximum absolute atomic E-state index is 7.82. The molecule has 0 spiro atoms. The number of ether oxygens (including phenoxy) is 4. The fraction of sp³-hybridized carbons (Fsp3) is 0.613. The summed E-state index contributed by atoms with van der Waals surface area (Å²) in [6.07, 6.45) is -1.15. The molecule has 0 amide bonds. The predicted molar refractivity (Wildman–Crippen MR) is 160 cm³/mol. The Morgan fingerprint density at radius 1 is 0.897 bits per heavy atom. The van der Waals surface area contributed by atoms with E-state index in [9.17, 15) is 0 Å². The third-order valence-electron chi connectivity index (χ3n) is 8.06. The van der Waals surface area contributed by atoms with Crippen LogP contribution in [0.4, 0.5) is 0 Å². The molecule has 6 nitrogen and oxygen atoms in total. The Morgan fingerprint density at radius 3 is 1.95 bits per heavy atom. The van der Waals surface area contributed by atoms with E-state index in [4.69, 9.17) is 23.4 Å². The number of likely N-dealkylation sites (N-methyl/N-ethyl adjacent to an activating group) is 1. The minimum Gasteiger partial charge on any atom is -0.399 e. The molecular formula is C31H45NO5SSi. The van der Waals surface area contributed by atoms with Crippen molar-refractivity contribution in [2.24, 2.45) is 0 Å². The Balaban J connectivity index is 1.65. The largest absolute Gasteiger partial charge is 0.399 e. The van der Waals surface area contributed by atoms with E-state index < -0.39 is 19.9 Å². The fourth-order valence-electron chi connectivity index (χ4n) is 6.34. The van der Waals surface area contributed by atoms with Crippen molar-refractivity contribution >= 4 is 30.5 Å². The zero-order valence-electron chi connectivity index (χ0n) is 24.7. The molecule has 0 bridgehead atoms. The molecule has 1 unspecified atom stereocenters. The van der Waals surface area contributed by atoms with Gasteiger partial charge in [-0.2, -0.15) is 0 Å². The molecule has 39 heavy (non-hydrogen) atoms. The third-order valence-corrected chi connectivity index (χ3v) is 14.5. The van der Waals surface area contributed by atoms with Crippen molar-refractivity contribution in [3.63, 3.8) is 0 Å². The van der Waals surface area contributed by atoms with Crippen LogP contribution in [0.1, 0.15) is 48.5 Å². The Morgan fingerprint density at radius 2 is 1.49 bits per heavy atom. The SMILES string of the molecule is CN1CCSC1[C@@H](O[Si](c1ccccc1)(c1ccccc1)C(C)(C)C)[C@H]1OC(C)(C)O[C@@H]1[C@@H]1COC(C)(C)O1. The Labute approximate surface area is 239 Å². The molecule has 2 aromatic rings. The van der Waals surface area contributed by atoms with Crippen LogP contribution in [-0.4, -0.2) is 80.5 Å². The standard InChI is InChI=1S/C31H45NO5SSi/c1-29(2,3)39(22-15-11-9-12-16-22,23-17-13-10-14-18-23)37-27(28-32(8)19-20-38-28)26-25(35-31(6,7)36-26)24-21-33-30(4,5)34-24/h9-18,24-28H,19-21H2,1-8H3/t24-,25+,26-,27-,28?/m0/s1. The van der Waals surface area contributed by atoms with Crippen molar-refractivity contribution in [2.45, 2.75) is 94.9 Å². The number of hydrogen-bond acceptors (Lipinski definition) is 7. The molecule has 5 rings (SSSR count). The first-order valence-electron chi connectivity index (χ1n) is 14.1. The van der Waals surface area contributed by atoms with E-state index in [0.717, 1.165) is 12.3 Å². The van der Waals surface area contributed by atoms with Crippen molar-refractivity contribution in [2.75, 3.05) is 26.0 Å². The first-order valence-corrected chi connectivity index (χ1v) is 17.1. The van der Waals surface area contributed by atoms with Crippen LogP contribution in [0.3, 0.4) is 0 Å². The molecule has 3 fully saturated rings. The van der Waals surface area contributed by atoms with Crippen molar-refractivity contribution in [3.8, 4) is 0 Å². The second-order valence-electron chi connectivity index (χ2n) is 12.9. The van der Waals surface area contributed by atoms with Gasteiger partial charge in [-0.3, -0.25) is 4.90 Å². The van der Waals surface area contributed by atoms with Crippen LogP contribution in [0.5, 0.6) is 0 Å². The first kappa shape index (κ1) is 29.3. The molecule has 214 valence electrons. The topological polar surface area (TPSA) is 49.4 Å². The molecule has 0 saturated carbocycles. The molecule has 0 aromatic heterocycles. The fourth-order valence-corrected chi connectivity index (χ4v) is 12.5. The van der Waals surface area contributed by atoms with Gasteiger partial charge in [-0.05, 0) is 50.2 Å². The van der Waals surface area contributed by atoms with Gasteiger partial charge in [-0.1, -0.05) is 81.4 Å². The normalized spacial score (nSPS) is 30.1. The van der Waals surface area contributed by atoms with Crippen molar-refractivity contribution in [1.29, 1.82) is 0 Å². The highest BCUT2D eigenvalue weighted by atomic mass is 32.2. The third kappa shape index (κ3) is 5.77. The summed E-state index contributed by atoms with van der Waals surface area (Å²) in [5.41, 5.74) is 0. The van der Waals surface area contributed by atoms with E-state index >= 15 is 0 Å². The van der Waals surface area contributed by atoms with E-state index in [0.29, 0.717) is 6.61 Å². The smallest absolute Gasteiger partial charge is 0.261 e. The number of benzene rings is 2. The van der Waals surface area contributed by atoms with Crippen LogP contribution < -0.4 is 10.4 Å². The molecule has 0 N–H and O–H groups in total. The highest BCUT2D eigenvalue weighted by molar-refractivity contribution is 8.00. The highest BCUT2D eigenvalue weighted by Crippen LogP contribution is 2.45. The minimum absolute atomic E-state index is 0.118. The van der Waals surface area contributed by atoms with Crippen molar-refractivity contribution in [3.05, 3.63) is 60.7 Å².